The fourth-order valence-electron chi connectivity index (χ4n) is 3.80. The molecular formula is C27H20Cl2N2O3. The number of carbonyl (C=O) groups excluding carboxylic acids is 1. The molecular weight excluding hydrogens is 471 g/mol. The van der Waals surface area contributed by atoms with E-state index in [4.69, 9.17) is 32.0 Å². The Morgan fingerprint density at radius 1 is 0.824 bits per heavy atom. The van der Waals surface area contributed by atoms with E-state index in [0.717, 1.165) is 33.4 Å². The number of carbonyl (C=O) groups is 1. The van der Waals surface area contributed by atoms with E-state index in [1.54, 1.807) is 36.4 Å². The number of hydrogen-bond acceptors (Lipinski definition) is 4. The number of fused-ring (bicyclic) bond motifs is 1. The number of amides is 1. The van der Waals surface area contributed by atoms with Crippen LogP contribution in [0.3, 0.4) is 0 Å². The Labute approximate surface area is 206 Å². The van der Waals surface area contributed by atoms with Crippen molar-refractivity contribution in [3.05, 3.63) is 93.2 Å². The van der Waals surface area contributed by atoms with Crippen LogP contribution in [0.25, 0.3) is 33.9 Å². The van der Waals surface area contributed by atoms with E-state index in [-0.39, 0.29) is 5.76 Å². The second kappa shape index (κ2) is 8.67. The van der Waals surface area contributed by atoms with Gasteiger partial charge in [0.15, 0.2) is 11.3 Å². The molecule has 1 N–H and O–H groups in total. The molecule has 5 aromatic rings. The number of rotatable bonds is 4. The van der Waals surface area contributed by atoms with Gasteiger partial charge in [-0.25, -0.2) is 4.98 Å². The summed E-state index contributed by atoms with van der Waals surface area (Å²) in [5.41, 5.74) is 6.52. The zero-order valence-electron chi connectivity index (χ0n) is 18.7. The fourth-order valence-corrected chi connectivity index (χ4v) is 4.14. The zero-order chi connectivity index (χ0) is 24.0. The van der Waals surface area contributed by atoms with E-state index in [0.29, 0.717) is 32.9 Å². The summed E-state index contributed by atoms with van der Waals surface area (Å²) in [7, 11) is 0. The smallest absolute Gasteiger partial charge is 0.291 e. The van der Waals surface area contributed by atoms with Gasteiger partial charge in [0.1, 0.15) is 11.3 Å². The standard InChI is InChI=1S/C27H20Cl2N2O3/c1-14-10-16(3)25-22(11-14)31-27(34-25)18-6-7-19(28)21(13-18)30-26(32)24-9-8-23(33-24)17-5-4-15(2)20(29)12-17/h4-13H,1-3H3,(H,30,32). The molecule has 170 valence electrons. The summed E-state index contributed by atoms with van der Waals surface area (Å²) < 4.78 is 11.8. The summed E-state index contributed by atoms with van der Waals surface area (Å²) in [6.07, 6.45) is 0. The Morgan fingerprint density at radius 3 is 2.41 bits per heavy atom. The molecule has 0 saturated carbocycles. The monoisotopic (exact) mass is 490 g/mol. The number of aromatic nitrogens is 1. The van der Waals surface area contributed by atoms with Crippen LogP contribution >= 0.6 is 23.2 Å². The fraction of sp³-hybridized carbons (Fsp3) is 0.111. The van der Waals surface area contributed by atoms with Crippen LogP contribution in [0.4, 0.5) is 5.69 Å². The third-order valence-electron chi connectivity index (χ3n) is 5.57. The van der Waals surface area contributed by atoms with E-state index in [1.165, 1.54) is 0 Å². The Balaban J connectivity index is 1.41. The molecule has 0 saturated heterocycles. The van der Waals surface area contributed by atoms with Crippen LogP contribution < -0.4 is 5.32 Å². The molecule has 0 fully saturated rings. The molecule has 0 bridgehead atoms. The van der Waals surface area contributed by atoms with Crippen LogP contribution in [0, 0.1) is 20.8 Å². The van der Waals surface area contributed by atoms with Gasteiger partial charge in [0.2, 0.25) is 5.89 Å². The van der Waals surface area contributed by atoms with E-state index in [9.17, 15) is 4.79 Å². The summed E-state index contributed by atoms with van der Waals surface area (Å²) in [5, 5.41) is 3.83. The van der Waals surface area contributed by atoms with Crippen LogP contribution in [0.15, 0.2) is 69.5 Å². The first-order valence-electron chi connectivity index (χ1n) is 10.6. The van der Waals surface area contributed by atoms with Gasteiger partial charge in [-0.05, 0) is 79.9 Å². The maximum atomic E-state index is 12.9. The van der Waals surface area contributed by atoms with Gasteiger partial charge in [-0.15, -0.1) is 0 Å². The Bertz CT molecular complexity index is 1570. The van der Waals surface area contributed by atoms with Crippen LogP contribution in [-0.4, -0.2) is 10.9 Å². The molecule has 2 heterocycles. The molecule has 5 nitrogen and oxygen atoms in total. The van der Waals surface area contributed by atoms with Gasteiger partial charge in [-0.1, -0.05) is 41.4 Å². The van der Waals surface area contributed by atoms with Crippen molar-refractivity contribution in [2.45, 2.75) is 20.8 Å². The van der Waals surface area contributed by atoms with Gasteiger partial charge in [-0.2, -0.15) is 0 Å². The first kappa shape index (κ1) is 22.3. The minimum absolute atomic E-state index is 0.154. The van der Waals surface area contributed by atoms with E-state index >= 15 is 0 Å². The molecule has 0 aliphatic carbocycles. The Hall–Kier alpha value is -3.54. The number of hydrogen-bond donors (Lipinski definition) is 1. The lowest BCUT2D eigenvalue weighted by Crippen LogP contribution is -2.11. The second-order valence-electron chi connectivity index (χ2n) is 8.23. The second-order valence-corrected chi connectivity index (χ2v) is 9.04. The third-order valence-corrected chi connectivity index (χ3v) is 6.30. The van der Waals surface area contributed by atoms with Crippen molar-refractivity contribution in [3.8, 4) is 22.8 Å². The van der Waals surface area contributed by atoms with Crippen molar-refractivity contribution >= 4 is 45.9 Å². The first-order valence-corrected chi connectivity index (χ1v) is 11.4. The number of furan rings is 1. The molecule has 0 radical (unpaired) electrons. The highest BCUT2D eigenvalue weighted by Crippen LogP contribution is 2.33. The zero-order valence-corrected chi connectivity index (χ0v) is 20.2. The molecule has 0 unspecified atom stereocenters. The molecule has 0 aliphatic rings. The number of nitrogens with zero attached hydrogens (tertiary/aromatic N) is 1. The molecule has 1 amide bonds. The quantitative estimate of drug-likeness (QED) is 0.275. The average molecular weight is 491 g/mol. The summed E-state index contributed by atoms with van der Waals surface area (Å²) in [4.78, 5) is 17.5. The molecule has 0 aliphatic heterocycles. The van der Waals surface area contributed by atoms with Crippen LogP contribution in [0.5, 0.6) is 0 Å². The third kappa shape index (κ3) is 4.20. The number of nitrogens with one attached hydrogen (secondary N) is 1. The molecule has 0 spiro atoms. The predicted octanol–water partition coefficient (Wildman–Crippen LogP) is 8.24. The highest BCUT2D eigenvalue weighted by Gasteiger charge is 2.17. The van der Waals surface area contributed by atoms with E-state index < -0.39 is 5.91 Å². The maximum absolute atomic E-state index is 12.9. The highest BCUT2D eigenvalue weighted by atomic mass is 35.5. The number of oxazole rings is 1. The molecule has 3 aromatic carbocycles. The van der Waals surface area contributed by atoms with Crippen molar-refractivity contribution in [2.75, 3.05) is 5.32 Å². The predicted molar refractivity (Wildman–Crippen MR) is 136 cm³/mol. The molecule has 0 atom stereocenters. The van der Waals surface area contributed by atoms with Gasteiger partial charge in [-0.3, -0.25) is 4.79 Å². The Kier molecular flexibility index (Phi) is 5.68. The summed E-state index contributed by atoms with van der Waals surface area (Å²) in [6.45, 7) is 5.93. The minimum Gasteiger partial charge on any atom is -0.451 e. The Morgan fingerprint density at radius 2 is 1.62 bits per heavy atom. The molecule has 7 heteroatoms. The van der Waals surface area contributed by atoms with Crippen LogP contribution in [0.2, 0.25) is 10.0 Å². The van der Waals surface area contributed by atoms with E-state index in [1.807, 2.05) is 45.0 Å². The van der Waals surface area contributed by atoms with Crippen molar-refractivity contribution < 1.29 is 13.6 Å². The minimum atomic E-state index is -0.424. The van der Waals surface area contributed by atoms with Crippen LogP contribution in [0.1, 0.15) is 27.2 Å². The normalized spacial score (nSPS) is 11.2. The average Bonchev–Trinajstić information content (AvgIpc) is 3.45. The van der Waals surface area contributed by atoms with Gasteiger partial charge < -0.3 is 14.2 Å². The summed E-state index contributed by atoms with van der Waals surface area (Å²) in [5.74, 6) is 0.727. The van der Waals surface area contributed by atoms with Gasteiger partial charge in [0, 0.05) is 16.1 Å². The van der Waals surface area contributed by atoms with E-state index in [2.05, 4.69) is 10.3 Å². The van der Waals surface area contributed by atoms with Crippen molar-refractivity contribution in [1.82, 2.24) is 4.98 Å². The lowest BCUT2D eigenvalue weighted by molar-refractivity contribution is 0.0997. The number of halogens is 2. The van der Waals surface area contributed by atoms with Crippen molar-refractivity contribution in [3.63, 3.8) is 0 Å². The molecule has 34 heavy (non-hydrogen) atoms. The number of anilines is 1. The summed E-state index contributed by atoms with van der Waals surface area (Å²) >= 11 is 12.6. The molecule has 2 aromatic heterocycles. The van der Waals surface area contributed by atoms with Gasteiger partial charge in [0.25, 0.3) is 5.91 Å². The van der Waals surface area contributed by atoms with Crippen molar-refractivity contribution in [2.24, 2.45) is 0 Å². The SMILES string of the molecule is Cc1cc(C)c2oc(-c3ccc(Cl)c(NC(=O)c4ccc(-c5ccc(C)c(Cl)c5)o4)c3)nc2c1. The largest absolute Gasteiger partial charge is 0.451 e. The topological polar surface area (TPSA) is 68.3 Å². The van der Waals surface area contributed by atoms with Crippen molar-refractivity contribution in [1.29, 1.82) is 0 Å². The lowest BCUT2D eigenvalue weighted by Gasteiger charge is -2.07. The first-order chi connectivity index (χ1) is 16.3. The lowest BCUT2D eigenvalue weighted by atomic mass is 10.1. The molecule has 5 rings (SSSR count). The van der Waals surface area contributed by atoms with Crippen LogP contribution in [-0.2, 0) is 0 Å². The van der Waals surface area contributed by atoms with Gasteiger partial charge >= 0.3 is 0 Å². The highest BCUT2D eigenvalue weighted by molar-refractivity contribution is 6.34. The van der Waals surface area contributed by atoms with Gasteiger partial charge in [0.05, 0.1) is 10.7 Å². The number of aryl methyl sites for hydroxylation is 3. The summed E-state index contributed by atoms with van der Waals surface area (Å²) in [6, 6.07) is 18.2. The maximum Gasteiger partial charge on any atom is 0.291 e. The number of benzene rings is 3.